The van der Waals surface area contributed by atoms with Crippen molar-refractivity contribution in [3.05, 3.63) is 58.9 Å². The van der Waals surface area contributed by atoms with E-state index < -0.39 is 0 Å². The highest BCUT2D eigenvalue weighted by Gasteiger charge is 2.35. The molecule has 0 N–H and O–H groups in total. The summed E-state index contributed by atoms with van der Waals surface area (Å²) in [5.41, 5.74) is 1.71. The third-order valence-electron chi connectivity index (χ3n) is 4.40. The summed E-state index contributed by atoms with van der Waals surface area (Å²) in [7, 11) is 1.62. The van der Waals surface area contributed by atoms with Gasteiger partial charge in [0.05, 0.1) is 13.0 Å². The Balaban J connectivity index is 1.52. The molecule has 4 rings (SSSR count). The Hall–Kier alpha value is -2.67. The molecule has 1 aliphatic rings. The van der Waals surface area contributed by atoms with E-state index in [1.54, 1.807) is 12.0 Å². The number of carbonyl (C=O) groups excluding carboxylic acids is 1. The molecule has 1 amide bonds. The molecule has 0 radical (unpaired) electrons. The van der Waals surface area contributed by atoms with Crippen LogP contribution in [0, 0.1) is 0 Å². The molecule has 0 unspecified atom stereocenters. The van der Waals surface area contributed by atoms with E-state index in [0.29, 0.717) is 24.7 Å². The lowest BCUT2D eigenvalue weighted by atomic mass is 10.1. The van der Waals surface area contributed by atoms with Crippen LogP contribution in [0.2, 0.25) is 0 Å². The zero-order valence-corrected chi connectivity index (χ0v) is 15.6. The SMILES string of the molecule is COc1ccc(N2C[C@@H](c3nc(-c4ccc(Br)cc4)no3)CC2=O)cc1. The number of amides is 1. The van der Waals surface area contributed by atoms with Gasteiger partial charge in [0, 0.05) is 28.7 Å². The van der Waals surface area contributed by atoms with Gasteiger partial charge in [-0.2, -0.15) is 4.98 Å². The van der Waals surface area contributed by atoms with E-state index in [-0.39, 0.29) is 11.8 Å². The molecule has 7 heteroatoms. The fourth-order valence-electron chi connectivity index (χ4n) is 3.00. The summed E-state index contributed by atoms with van der Waals surface area (Å²) in [5.74, 6) is 1.72. The molecule has 1 atom stereocenters. The van der Waals surface area contributed by atoms with Crippen LogP contribution in [0.3, 0.4) is 0 Å². The van der Waals surface area contributed by atoms with Crippen molar-refractivity contribution in [2.24, 2.45) is 0 Å². The van der Waals surface area contributed by atoms with Crippen molar-refractivity contribution in [3.63, 3.8) is 0 Å². The number of aromatic nitrogens is 2. The Kier molecular flexibility index (Phi) is 4.46. The molecule has 1 fully saturated rings. The van der Waals surface area contributed by atoms with Gasteiger partial charge in [-0.1, -0.05) is 21.1 Å². The quantitative estimate of drug-likeness (QED) is 0.645. The number of carbonyl (C=O) groups is 1. The fraction of sp³-hybridized carbons (Fsp3) is 0.211. The number of hydrogen-bond acceptors (Lipinski definition) is 5. The maximum atomic E-state index is 12.4. The Morgan fingerprint density at radius 3 is 2.58 bits per heavy atom. The zero-order valence-electron chi connectivity index (χ0n) is 14.1. The summed E-state index contributed by atoms with van der Waals surface area (Å²) < 4.78 is 11.6. The van der Waals surface area contributed by atoms with Gasteiger partial charge in [0.15, 0.2) is 0 Å². The highest BCUT2D eigenvalue weighted by atomic mass is 79.9. The van der Waals surface area contributed by atoms with Crippen LogP contribution in [0.4, 0.5) is 5.69 Å². The van der Waals surface area contributed by atoms with Gasteiger partial charge in [-0.3, -0.25) is 4.79 Å². The minimum Gasteiger partial charge on any atom is -0.497 e. The molecular formula is C19H16BrN3O3. The molecule has 2 heterocycles. The number of hydrogen-bond donors (Lipinski definition) is 0. The molecule has 0 bridgehead atoms. The topological polar surface area (TPSA) is 68.5 Å². The lowest BCUT2D eigenvalue weighted by Crippen LogP contribution is -2.24. The van der Waals surface area contributed by atoms with E-state index >= 15 is 0 Å². The second-order valence-electron chi connectivity index (χ2n) is 6.07. The lowest BCUT2D eigenvalue weighted by molar-refractivity contribution is -0.117. The first-order valence-electron chi connectivity index (χ1n) is 8.18. The molecule has 132 valence electrons. The number of ether oxygens (including phenoxy) is 1. The van der Waals surface area contributed by atoms with E-state index in [9.17, 15) is 4.79 Å². The number of methoxy groups -OCH3 is 1. The van der Waals surface area contributed by atoms with Crippen molar-refractivity contribution in [1.82, 2.24) is 10.1 Å². The van der Waals surface area contributed by atoms with Crippen molar-refractivity contribution in [2.45, 2.75) is 12.3 Å². The van der Waals surface area contributed by atoms with Crippen LogP contribution in [0.1, 0.15) is 18.2 Å². The Bertz CT molecular complexity index is 922. The van der Waals surface area contributed by atoms with Crippen LogP contribution in [0.5, 0.6) is 5.75 Å². The summed E-state index contributed by atoms with van der Waals surface area (Å²) in [6.45, 7) is 0.521. The van der Waals surface area contributed by atoms with Gasteiger partial charge in [0.1, 0.15) is 5.75 Å². The molecule has 3 aromatic rings. The van der Waals surface area contributed by atoms with E-state index in [1.807, 2.05) is 48.5 Å². The first-order valence-corrected chi connectivity index (χ1v) is 8.97. The van der Waals surface area contributed by atoms with E-state index in [2.05, 4.69) is 26.1 Å². The first kappa shape index (κ1) is 16.8. The van der Waals surface area contributed by atoms with Crippen molar-refractivity contribution >= 4 is 27.5 Å². The number of benzene rings is 2. The lowest BCUT2D eigenvalue weighted by Gasteiger charge is -2.16. The van der Waals surface area contributed by atoms with Crippen molar-refractivity contribution < 1.29 is 14.1 Å². The van der Waals surface area contributed by atoms with Gasteiger partial charge in [-0.15, -0.1) is 0 Å². The fourth-order valence-corrected chi connectivity index (χ4v) is 3.27. The first-order chi connectivity index (χ1) is 12.6. The molecule has 0 aliphatic carbocycles. The Morgan fingerprint density at radius 2 is 1.88 bits per heavy atom. The summed E-state index contributed by atoms with van der Waals surface area (Å²) in [4.78, 5) is 18.7. The molecule has 0 saturated carbocycles. The molecule has 1 aliphatic heterocycles. The van der Waals surface area contributed by atoms with Crippen LogP contribution in [-0.2, 0) is 4.79 Å². The minimum absolute atomic E-state index is 0.0450. The predicted molar refractivity (Wildman–Crippen MR) is 100 cm³/mol. The molecule has 1 aromatic heterocycles. The molecule has 2 aromatic carbocycles. The molecular weight excluding hydrogens is 398 g/mol. The zero-order chi connectivity index (χ0) is 18.1. The van der Waals surface area contributed by atoms with Gasteiger partial charge < -0.3 is 14.2 Å². The summed E-state index contributed by atoms with van der Waals surface area (Å²) in [5, 5.41) is 4.06. The average Bonchev–Trinajstić information content (AvgIpc) is 3.29. The normalized spacial score (nSPS) is 16.9. The number of nitrogens with zero attached hydrogens (tertiary/aromatic N) is 3. The number of rotatable bonds is 4. The standard InChI is InChI=1S/C19H16BrN3O3/c1-25-16-8-6-15(7-9-16)23-11-13(10-17(23)24)19-21-18(22-26-19)12-2-4-14(20)5-3-12/h2-9,13H,10-11H2,1H3/t13-/m0/s1. The van der Waals surface area contributed by atoms with Crippen LogP contribution in [-0.4, -0.2) is 29.7 Å². The second-order valence-corrected chi connectivity index (χ2v) is 6.98. The summed E-state index contributed by atoms with van der Waals surface area (Å²) in [6, 6.07) is 15.1. The van der Waals surface area contributed by atoms with E-state index in [1.165, 1.54) is 0 Å². The maximum Gasteiger partial charge on any atom is 0.232 e. The van der Waals surface area contributed by atoms with Gasteiger partial charge >= 0.3 is 0 Å². The number of anilines is 1. The molecule has 0 spiro atoms. The molecule has 6 nitrogen and oxygen atoms in total. The van der Waals surface area contributed by atoms with E-state index in [0.717, 1.165) is 21.5 Å². The summed E-state index contributed by atoms with van der Waals surface area (Å²) >= 11 is 3.41. The van der Waals surface area contributed by atoms with Crippen LogP contribution in [0.25, 0.3) is 11.4 Å². The third kappa shape index (κ3) is 3.22. The third-order valence-corrected chi connectivity index (χ3v) is 4.93. The van der Waals surface area contributed by atoms with Gasteiger partial charge in [0.2, 0.25) is 17.6 Å². The van der Waals surface area contributed by atoms with Gasteiger partial charge in [-0.25, -0.2) is 0 Å². The molecule has 1 saturated heterocycles. The van der Waals surface area contributed by atoms with Crippen molar-refractivity contribution in [1.29, 1.82) is 0 Å². The minimum atomic E-state index is -0.110. The second kappa shape index (κ2) is 6.92. The van der Waals surface area contributed by atoms with Crippen LogP contribution >= 0.6 is 15.9 Å². The monoisotopic (exact) mass is 413 g/mol. The van der Waals surface area contributed by atoms with Crippen LogP contribution in [0.15, 0.2) is 57.5 Å². The van der Waals surface area contributed by atoms with Crippen LogP contribution < -0.4 is 9.64 Å². The Labute approximate surface area is 158 Å². The Morgan fingerprint density at radius 1 is 1.15 bits per heavy atom. The smallest absolute Gasteiger partial charge is 0.232 e. The highest BCUT2D eigenvalue weighted by Crippen LogP contribution is 2.32. The number of halogens is 1. The van der Waals surface area contributed by atoms with Crippen molar-refractivity contribution in [2.75, 3.05) is 18.6 Å². The maximum absolute atomic E-state index is 12.4. The van der Waals surface area contributed by atoms with Crippen molar-refractivity contribution in [3.8, 4) is 17.1 Å². The molecule has 26 heavy (non-hydrogen) atoms. The summed E-state index contributed by atoms with van der Waals surface area (Å²) in [6.07, 6.45) is 0.355. The van der Waals surface area contributed by atoms with Gasteiger partial charge in [-0.05, 0) is 48.5 Å². The highest BCUT2D eigenvalue weighted by molar-refractivity contribution is 9.10. The van der Waals surface area contributed by atoms with Gasteiger partial charge in [0.25, 0.3) is 0 Å². The largest absolute Gasteiger partial charge is 0.497 e. The average molecular weight is 414 g/mol. The van der Waals surface area contributed by atoms with E-state index in [4.69, 9.17) is 9.26 Å². The predicted octanol–water partition coefficient (Wildman–Crippen LogP) is 4.03.